The molecule has 2 rings (SSSR count). The summed E-state index contributed by atoms with van der Waals surface area (Å²) in [5.41, 5.74) is 1.70. The van der Waals surface area contributed by atoms with Crippen molar-refractivity contribution in [2.45, 2.75) is 6.42 Å². The van der Waals surface area contributed by atoms with Crippen molar-refractivity contribution in [1.29, 1.82) is 5.26 Å². The first-order chi connectivity index (χ1) is 10.7. The van der Waals surface area contributed by atoms with Crippen LogP contribution in [-0.2, 0) is 4.74 Å². The number of carbonyl (C=O) groups excluding carboxylic acids is 1. The maximum absolute atomic E-state index is 12.0. The van der Waals surface area contributed by atoms with E-state index >= 15 is 0 Å². The van der Waals surface area contributed by atoms with E-state index in [-0.39, 0.29) is 6.03 Å². The van der Waals surface area contributed by atoms with Crippen LogP contribution in [0.3, 0.4) is 0 Å². The van der Waals surface area contributed by atoms with Crippen LogP contribution >= 0.6 is 0 Å². The fourth-order valence-electron chi connectivity index (χ4n) is 2.46. The third kappa shape index (κ3) is 4.37. The lowest BCUT2D eigenvalue weighted by atomic mass is 10.2. The number of nitriles is 1. The summed E-state index contributed by atoms with van der Waals surface area (Å²) in [7, 11) is 1.66. The molecule has 0 saturated carbocycles. The van der Waals surface area contributed by atoms with Gasteiger partial charge in [0.2, 0.25) is 0 Å². The Morgan fingerprint density at radius 3 is 2.82 bits per heavy atom. The van der Waals surface area contributed by atoms with Crippen LogP contribution in [0.15, 0.2) is 24.3 Å². The highest BCUT2D eigenvalue weighted by Crippen LogP contribution is 2.17. The zero-order valence-corrected chi connectivity index (χ0v) is 12.9. The van der Waals surface area contributed by atoms with Crippen molar-refractivity contribution in [1.82, 2.24) is 10.2 Å². The van der Waals surface area contributed by atoms with Gasteiger partial charge >= 0.3 is 6.03 Å². The largest absolute Gasteiger partial charge is 0.385 e. The predicted molar refractivity (Wildman–Crippen MR) is 84.8 cm³/mol. The molecule has 0 radical (unpaired) electrons. The van der Waals surface area contributed by atoms with Gasteiger partial charge in [0.25, 0.3) is 0 Å². The van der Waals surface area contributed by atoms with Crippen molar-refractivity contribution in [2.24, 2.45) is 0 Å². The minimum atomic E-state index is -0.0125. The summed E-state index contributed by atoms with van der Waals surface area (Å²) < 4.78 is 4.96. The van der Waals surface area contributed by atoms with Crippen LogP contribution in [0.1, 0.15) is 12.0 Å². The van der Waals surface area contributed by atoms with Gasteiger partial charge in [0.05, 0.1) is 11.6 Å². The van der Waals surface area contributed by atoms with Crippen LogP contribution < -0.4 is 10.2 Å². The third-order valence-electron chi connectivity index (χ3n) is 3.71. The average Bonchev–Trinajstić information content (AvgIpc) is 2.59. The van der Waals surface area contributed by atoms with Crippen LogP contribution in [0.4, 0.5) is 10.5 Å². The summed E-state index contributed by atoms with van der Waals surface area (Å²) in [6.07, 6.45) is 0.823. The molecule has 0 aromatic heterocycles. The number of nitrogens with zero attached hydrogens (tertiary/aromatic N) is 3. The lowest BCUT2D eigenvalue weighted by Gasteiger charge is -2.36. The summed E-state index contributed by atoms with van der Waals surface area (Å²) in [5.74, 6) is 0. The summed E-state index contributed by atoms with van der Waals surface area (Å²) in [4.78, 5) is 16.1. The number of piperazine rings is 1. The van der Waals surface area contributed by atoms with E-state index in [0.717, 1.165) is 25.2 Å². The second-order valence-corrected chi connectivity index (χ2v) is 5.21. The van der Waals surface area contributed by atoms with Gasteiger partial charge in [-0.15, -0.1) is 0 Å². The molecule has 0 unspecified atom stereocenters. The number of nitrogens with one attached hydrogen (secondary N) is 1. The van der Waals surface area contributed by atoms with Gasteiger partial charge in [-0.1, -0.05) is 6.07 Å². The number of hydrogen-bond donors (Lipinski definition) is 1. The van der Waals surface area contributed by atoms with Gasteiger partial charge in [0, 0.05) is 52.1 Å². The molecule has 0 atom stereocenters. The van der Waals surface area contributed by atoms with E-state index in [1.54, 1.807) is 13.2 Å². The number of amides is 2. The lowest BCUT2D eigenvalue weighted by Crippen LogP contribution is -2.52. The Balaban J connectivity index is 1.80. The van der Waals surface area contributed by atoms with Crippen LogP contribution in [-0.4, -0.2) is 57.4 Å². The molecule has 6 heteroatoms. The minimum absolute atomic E-state index is 0.0125. The summed E-state index contributed by atoms with van der Waals surface area (Å²) in [6.45, 7) is 4.22. The van der Waals surface area contributed by atoms with Gasteiger partial charge in [-0.05, 0) is 24.6 Å². The first-order valence-corrected chi connectivity index (χ1v) is 7.51. The summed E-state index contributed by atoms with van der Waals surface area (Å²) in [6, 6.07) is 9.72. The quantitative estimate of drug-likeness (QED) is 0.835. The van der Waals surface area contributed by atoms with Crippen LogP contribution in [0.5, 0.6) is 0 Å². The van der Waals surface area contributed by atoms with E-state index in [0.29, 0.717) is 31.8 Å². The fourth-order valence-corrected chi connectivity index (χ4v) is 2.46. The monoisotopic (exact) mass is 302 g/mol. The van der Waals surface area contributed by atoms with Crippen molar-refractivity contribution >= 4 is 11.7 Å². The summed E-state index contributed by atoms with van der Waals surface area (Å²) in [5, 5.41) is 11.9. The molecular formula is C16H22N4O2. The second-order valence-electron chi connectivity index (χ2n) is 5.21. The van der Waals surface area contributed by atoms with Crippen molar-refractivity contribution in [3.8, 4) is 6.07 Å². The molecule has 0 spiro atoms. The molecule has 1 heterocycles. The zero-order chi connectivity index (χ0) is 15.8. The van der Waals surface area contributed by atoms with Crippen molar-refractivity contribution < 1.29 is 9.53 Å². The first kappa shape index (κ1) is 16.1. The number of urea groups is 1. The van der Waals surface area contributed by atoms with Gasteiger partial charge in [-0.25, -0.2) is 4.79 Å². The Morgan fingerprint density at radius 2 is 2.14 bits per heavy atom. The molecule has 1 N–H and O–H groups in total. The van der Waals surface area contributed by atoms with E-state index in [1.165, 1.54) is 0 Å². The van der Waals surface area contributed by atoms with Gasteiger partial charge in [-0.3, -0.25) is 0 Å². The molecule has 1 aromatic rings. The summed E-state index contributed by atoms with van der Waals surface area (Å²) >= 11 is 0. The van der Waals surface area contributed by atoms with E-state index < -0.39 is 0 Å². The molecule has 2 amide bonds. The zero-order valence-electron chi connectivity index (χ0n) is 12.9. The number of rotatable bonds is 5. The molecule has 1 aliphatic rings. The predicted octanol–water partition coefficient (Wildman–Crippen LogP) is 1.43. The number of ether oxygens (including phenoxy) is 1. The van der Waals surface area contributed by atoms with E-state index in [4.69, 9.17) is 10.00 Å². The molecule has 1 aliphatic heterocycles. The molecule has 6 nitrogen and oxygen atoms in total. The van der Waals surface area contributed by atoms with Crippen molar-refractivity contribution in [2.75, 3.05) is 51.3 Å². The van der Waals surface area contributed by atoms with E-state index in [9.17, 15) is 4.79 Å². The Morgan fingerprint density at radius 1 is 1.36 bits per heavy atom. The van der Waals surface area contributed by atoms with Crippen LogP contribution in [0.25, 0.3) is 0 Å². The smallest absolute Gasteiger partial charge is 0.317 e. The molecule has 0 aliphatic carbocycles. The lowest BCUT2D eigenvalue weighted by molar-refractivity contribution is 0.183. The molecule has 118 valence electrons. The molecule has 1 saturated heterocycles. The van der Waals surface area contributed by atoms with E-state index in [2.05, 4.69) is 16.3 Å². The van der Waals surface area contributed by atoms with Crippen molar-refractivity contribution in [3.05, 3.63) is 29.8 Å². The minimum Gasteiger partial charge on any atom is -0.385 e. The number of hydrogen-bond acceptors (Lipinski definition) is 4. The third-order valence-corrected chi connectivity index (χ3v) is 3.71. The molecule has 0 bridgehead atoms. The normalized spacial score (nSPS) is 14.5. The number of carbonyl (C=O) groups is 1. The number of benzene rings is 1. The highest BCUT2D eigenvalue weighted by atomic mass is 16.5. The highest BCUT2D eigenvalue weighted by molar-refractivity contribution is 5.74. The number of methoxy groups -OCH3 is 1. The van der Waals surface area contributed by atoms with Crippen LogP contribution in [0, 0.1) is 11.3 Å². The second kappa shape index (κ2) is 8.25. The van der Waals surface area contributed by atoms with Crippen LogP contribution in [0.2, 0.25) is 0 Å². The Hall–Kier alpha value is -2.26. The fraction of sp³-hybridized carbons (Fsp3) is 0.500. The molecule has 1 aromatic carbocycles. The average molecular weight is 302 g/mol. The molecular weight excluding hydrogens is 280 g/mol. The van der Waals surface area contributed by atoms with Crippen molar-refractivity contribution in [3.63, 3.8) is 0 Å². The van der Waals surface area contributed by atoms with Gasteiger partial charge in [0.15, 0.2) is 0 Å². The first-order valence-electron chi connectivity index (χ1n) is 7.51. The Labute approximate surface area is 131 Å². The van der Waals surface area contributed by atoms with Gasteiger partial charge < -0.3 is 19.9 Å². The number of anilines is 1. The Kier molecular flexibility index (Phi) is 6.04. The van der Waals surface area contributed by atoms with Gasteiger partial charge in [0.1, 0.15) is 0 Å². The highest BCUT2D eigenvalue weighted by Gasteiger charge is 2.21. The molecule has 1 fully saturated rings. The van der Waals surface area contributed by atoms with Gasteiger partial charge in [-0.2, -0.15) is 5.26 Å². The SMILES string of the molecule is COCCCNC(=O)N1CCN(c2cccc(C#N)c2)CC1. The molecule has 22 heavy (non-hydrogen) atoms. The van der Waals surface area contributed by atoms with E-state index in [1.807, 2.05) is 23.1 Å². The maximum atomic E-state index is 12.0. The Bertz CT molecular complexity index is 533. The maximum Gasteiger partial charge on any atom is 0.317 e. The standard InChI is InChI=1S/C16H22N4O2/c1-22-11-3-6-18-16(21)20-9-7-19(8-10-20)15-5-2-4-14(12-15)13-17/h2,4-5,12H,3,6-11H2,1H3,(H,18,21). The topological polar surface area (TPSA) is 68.6 Å².